The minimum absolute atomic E-state index is 0.101. The topological polar surface area (TPSA) is 57.6 Å². The molecule has 0 unspecified atom stereocenters. The van der Waals surface area contributed by atoms with Gasteiger partial charge in [-0.15, -0.1) is 0 Å². The second kappa shape index (κ2) is 16.1. The molecule has 37 heavy (non-hydrogen) atoms. The molecule has 0 radical (unpaired) electrons. The number of likely N-dealkylation sites (tertiary alicyclic amines) is 1. The smallest absolute Gasteiger partial charge is 0.295 e. The van der Waals surface area contributed by atoms with Crippen LogP contribution < -0.4 is 0 Å². The first-order valence-electron chi connectivity index (χ1n) is 14.5. The van der Waals surface area contributed by atoms with Crippen LogP contribution in [0.15, 0.2) is 66.2 Å². The summed E-state index contributed by atoms with van der Waals surface area (Å²) in [5, 5.41) is 11.0. The van der Waals surface area contributed by atoms with Crippen LogP contribution in [0.2, 0.25) is 0 Å². The molecule has 1 amide bonds. The Balaban J connectivity index is 1.47. The molecular formula is C33H45NO3. The van der Waals surface area contributed by atoms with E-state index in [1.54, 1.807) is 17.0 Å². The van der Waals surface area contributed by atoms with Gasteiger partial charge in [0.1, 0.15) is 5.76 Å². The quantitative estimate of drug-likeness (QED) is 0.102. The average molecular weight is 504 g/mol. The number of ketones is 1. The van der Waals surface area contributed by atoms with Gasteiger partial charge < -0.3 is 10.0 Å². The van der Waals surface area contributed by atoms with E-state index in [-0.39, 0.29) is 11.3 Å². The number of aliphatic hydroxyl groups is 1. The molecular weight excluding hydrogens is 458 g/mol. The molecule has 1 atom stereocenters. The van der Waals surface area contributed by atoms with Crippen LogP contribution in [0.1, 0.15) is 114 Å². The van der Waals surface area contributed by atoms with Crippen LogP contribution in [0.3, 0.4) is 0 Å². The zero-order valence-electron chi connectivity index (χ0n) is 22.7. The SMILES string of the molecule is CCCCCCCCCCCCCCCCN1C(=O)C(=O)/C(=C(/O)c2ccccc2)[C@H]1c1ccccc1. The van der Waals surface area contributed by atoms with Crippen LogP contribution in [0, 0.1) is 0 Å². The lowest BCUT2D eigenvalue weighted by atomic mass is 9.95. The third-order valence-corrected chi connectivity index (χ3v) is 7.46. The number of carbonyl (C=O) groups excluding carboxylic acids is 2. The summed E-state index contributed by atoms with van der Waals surface area (Å²) in [6.07, 6.45) is 17.8. The molecule has 2 aromatic rings. The predicted octanol–water partition coefficient (Wildman–Crippen LogP) is 8.59. The van der Waals surface area contributed by atoms with Gasteiger partial charge >= 0.3 is 0 Å². The minimum atomic E-state index is -0.597. The van der Waals surface area contributed by atoms with Crippen LogP contribution >= 0.6 is 0 Å². The second-order valence-corrected chi connectivity index (χ2v) is 10.4. The molecule has 1 aliphatic heterocycles. The third-order valence-electron chi connectivity index (χ3n) is 7.46. The summed E-state index contributed by atoms with van der Waals surface area (Å²) in [4.78, 5) is 27.7. The molecule has 3 rings (SSSR count). The fourth-order valence-electron chi connectivity index (χ4n) is 5.32. The Kier molecular flexibility index (Phi) is 12.5. The summed E-state index contributed by atoms with van der Waals surface area (Å²) in [7, 11) is 0. The number of unbranched alkanes of at least 4 members (excludes halogenated alkanes) is 13. The first-order chi connectivity index (χ1) is 18.1. The summed E-state index contributed by atoms with van der Waals surface area (Å²) in [5.74, 6) is -1.21. The number of hydrogen-bond donors (Lipinski definition) is 1. The van der Waals surface area contributed by atoms with Crippen molar-refractivity contribution in [3.8, 4) is 0 Å². The van der Waals surface area contributed by atoms with Gasteiger partial charge in [0.05, 0.1) is 11.6 Å². The van der Waals surface area contributed by atoms with E-state index in [1.165, 1.54) is 70.6 Å². The Hall–Kier alpha value is -2.88. The fourth-order valence-corrected chi connectivity index (χ4v) is 5.32. The molecule has 0 saturated carbocycles. The summed E-state index contributed by atoms with van der Waals surface area (Å²) in [5.41, 5.74) is 1.59. The van der Waals surface area contributed by atoms with Gasteiger partial charge in [0, 0.05) is 12.1 Å². The van der Waals surface area contributed by atoms with Gasteiger partial charge in [-0.1, -0.05) is 151 Å². The van der Waals surface area contributed by atoms with E-state index in [2.05, 4.69) is 6.92 Å². The molecule has 2 aromatic carbocycles. The molecule has 1 heterocycles. The molecule has 200 valence electrons. The predicted molar refractivity (Wildman–Crippen MR) is 152 cm³/mol. The van der Waals surface area contributed by atoms with Gasteiger partial charge in [0.15, 0.2) is 0 Å². The maximum atomic E-state index is 13.1. The van der Waals surface area contributed by atoms with Gasteiger partial charge in [0.25, 0.3) is 11.7 Å². The van der Waals surface area contributed by atoms with E-state index in [4.69, 9.17) is 0 Å². The number of Topliss-reactive ketones (excluding diaryl/α,β-unsaturated/α-hetero) is 1. The maximum Gasteiger partial charge on any atom is 0.295 e. The Morgan fingerprint density at radius 2 is 1.14 bits per heavy atom. The standard InChI is InChI=1S/C33H45NO3/c1-2-3-4-5-6-7-8-9-10-11-12-13-14-21-26-34-30(27-22-17-15-18-23-27)29(32(36)33(34)37)31(35)28-24-19-16-20-25-28/h15-20,22-25,30,35H,2-14,21,26H2,1H3/b31-29+/t30-/m1/s1. The highest BCUT2D eigenvalue weighted by Crippen LogP contribution is 2.39. The van der Waals surface area contributed by atoms with E-state index in [1.807, 2.05) is 48.5 Å². The van der Waals surface area contributed by atoms with Gasteiger partial charge in [-0.25, -0.2) is 0 Å². The zero-order valence-corrected chi connectivity index (χ0v) is 22.7. The van der Waals surface area contributed by atoms with Crippen molar-refractivity contribution in [2.45, 2.75) is 103 Å². The highest BCUT2D eigenvalue weighted by Gasteiger charge is 2.45. The summed E-state index contributed by atoms with van der Waals surface area (Å²) in [6.45, 7) is 2.79. The van der Waals surface area contributed by atoms with Crippen molar-refractivity contribution in [3.05, 3.63) is 77.4 Å². The van der Waals surface area contributed by atoms with Crippen LogP contribution in [-0.2, 0) is 9.59 Å². The largest absolute Gasteiger partial charge is 0.507 e. The summed E-state index contributed by atoms with van der Waals surface area (Å²) >= 11 is 0. The minimum Gasteiger partial charge on any atom is -0.507 e. The number of hydrogen-bond acceptors (Lipinski definition) is 3. The number of benzene rings is 2. The van der Waals surface area contributed by atoms with E-state index >= 15 is 0 Å². The van der Waals surface area contributed by atoms with Crippen molar-refractivity contribution in [2.24, 2.45) is 0 Å². The lowest BCUT2D eigenvalue weighted by molar-refractivity contribution is -0.139. The number of carbonyl (C=O) groups is 2. The van der Waals surface area contributed by atoms with E-state index in [0.717, 1.165) is 24.8 Å². The summed E-state index contributed by atoms with van der Waals surface area (Å²) in [6, 6.07) is 18.0. The molecule has 0 aromatic heterocycles. The zero-order chi connectivity index (χ0) is 26.3. The normalized spacial score (nSPS) is 17.0. The van der Waals surface area contributed by atoms with Crippen LogP contribution in [0.25, 0.3) is 5.76 Å². The van der Waals surface area contributed by atoms with Gasteiger partial charge in [0.2, 0.25) is 0 Å². The highest BCUT2D eigenvalue weighted by atomic mass is 16.3. The lowest BCUT2D eigenvalue weighted by Gasteiger charge is -2.25. The molecule has 0 spiro atoms. The monoisotopic (exact) mass is 503 g/mol. The number of rotatable bonds is 17. The van der Waals surface area contributed by atoms with Crippen molar-refractivity contribution >= 4 is 17.4 Å². The maximum absolute atomic E-state index is 13.1. The van der Waals surface area contributed by atoms with Gasteiger partial charge in [-0.05, 0) is 12.0 Å². The summed E-state index contributed by atoms with van der Waals surface area (Å²) < 4.78 is 0. The molecule has 1 fully saturated rings. The van der Waals surface area contributed by atoms with Gasteiger partial charge in [-0.2, -0.15) is 0 Å². The lowest BCUT2D eigenvalue weighted by Crippen LogP contribution is -2.30. The van der Waals surface area contributed by atoms with E-state index in [9.17, 15) is 14.7 Å². The molecule has 4 nitrogen and oxygen atoms in total. The Morgan fingerprint density at radius 1 is 0.676 bits per heavy atom. The first kappa shape index (κ1) is 28.7. The van der Waals surface area contributed by atoms with Crippen LogP contribution in [0.5, 0.6) is 0 Å². The number of nitrogens with zero attached hydrogens (tertiary/aromatic N) is 1. The van der Waals surface area contributed by atoms with Crippen LogP contribution in [0.4, 0.5) is 0 Å². The molecule has 0 aliphatic carbocycles. The van der Waals surface area contributed by atoms with Crippen molar-refractivity contribution in [2.75, 3.05) is 6.54 Å². The molecule has 0 bridgehead atoms. The van der Waals surface area contributed by atoms with Crippen molar-refractivity contribution < 1.29 is 14.7 Å². The highest BCUT2D eigenvalue weighted by molar-refractivity contribution is 6.46. The Morgan fingerprint density at radius 3 is 1.65 bits per heavy atom. The Bertz CT molecular complexity index is 983. The van der Waals surface area contributed by atoms with Crippen molar-refractivity contribution in [3.63, 3.8) is 0 Å². The van der Waals surface area contributed by atoms with Gasteiger partial charge in [-0.3, -0.25) is 9.59 Å². The van der Waals surface area contributed by atoms with Crippen molar-refractivity contribution in [1.29, 1.82) is 0 Å². The molecule has 1 aliphatic rings. The van der Waals surface area contributed by atoms with E-state index in [0.29, 0.717) is 12.1 Å². The number of aliphatic hydroxyl groups excluding tert-OH is 1. The van der Waals surface area contributed by atoms with E-state index < -0.39 is 17.7 Å². The fraction of sp³-hybridized carbons (Fsp3) is 0.515. The average Bonchev–Trinajstić information content (AvgIpc) is 3.18. The third kappa shape index (κ3) is 8.59. The van der Waals surface area contributed by atoms with Crippen molar-refractivity contribution in [1.82, 2.24) is 4.90 Å². The molecule has 1 N–H and O–H groups in total. The molecule has 4 heteroatoms. The number of amides is 1. The molecule has 1 saturated heterocycles. The first-order valence-corrected chi connectivity index (χ1v) is 14.5. The second-order valence-electron chi connectivity index (χ2n) is 10.4. The van der Waals surface area contributed by atoms with Crippen LogP contribution in [-0.4, -0.2) is 28.2 Å². The Labute approximate surface area is 223 Å².